The van der Waals surface area contributed by atoms with Crippen LogP contribution in [0.4, 0.5) is 0 Å². The zero-order valence-corrected chi connectivity index (χ0v) is 14.2. The third kappa shape index (κ3) is 3.10. The van der Waals surface area contributed by atoms with Gasteiger partial charge in [0.25, 0.3) is 0 Å². The van der Waals surface area contributed by atoms with Gasteiger partial charge in [0.05, 0.1) is 17.9 Å². The van der Waals surface area contributed by atoms with Crippen LogP contribution in [0.2, 0.25) is 0 Å². The zero-order valence-electron chi connectivity index (χ0n) is 14.2. The molecule has 1 aromatic carbocycles. The van der Waals surface area contributed by atoms with E-state index < -0.39 is 17.8 Å². The summed E-state index contributed by atoms with van der Waals surface area (Å²) in [5.74, 6) is -1.95. The average molecular weight is 327 g/mol. The molecule has 1 saturated carbocycles. The lowest BCUT2D eigenvalue weighted by Gasteiger charge is -2.26. The second-order valence-corrected chi connectivity index (χ2v) is 7.06. The van der Waals surface area contributed by atoms with Gasteiger partial charge in [-0.1, -0.05) is 49.8 Å². The average Bonchev–Trinajstić information content (AvgIpc) is 3.16. The van der Waals surface area contributed by atoms with Crippen molar-refractivity contribution in [3.63, 3.8) is 0 Å². The maximum atomic E-state index is 12.7. The minimum Gasteiger partial charge on any atom is -0.481 e. The molecule has 0 spiro atoms. The largest absolute Gasteiger partial charge is 0.481 e. The fraction of sp³-hybridized carbons (Fsp3) is 0.500. The topological polar surface area (TPSA) is 66.4 Å². The summed E-state index contributed by atoms with van der Waals surface area (Å²) in [6.45, 7) is 4.10. The minimum absolute atomic E-state index is 0.00637. The van der Waals surface area contributed by atoms with Gasteiger partial charge in [-0.15, -0.1) is 0 Å². The molecule has 2 aliphatic rings. The van der Waals surface area contributed by atoms with Crippen LogP contribution in [0.3, 0.4) is 0 Å². The van der Waals surface area contributed by atoms with E-state index in [1.54, 1.807) is 0 Å². The molecule has 0 saturated heterocycles. The van der Waals surface area contributed by atoms with Crippen molar-refractivity contribution in [2.45, 2.75) is 39.2 Å². The zero-order chi connectivity index (χ0) is 17.3. The predicted molar refractivity (Wildman–Crippen MR) is 92.3 cm³/mol. The van der Waals surface area contributed by atoms with Gasteiger partial charge < -0.3 is 10.4 Å². The first-order valence-electron chi connectivity index (χ1n) is 8.81. The van der Waals surface area contributed by atoms with Crippen LogP contribution in [0.15, 0.2) is 36.4 Å². The van der Waals surface area contributed by atoms with Crippen LogP contribution in [0.1, 0.15) is 43.9 Å². The Kier molecular flexibility index (Phi) is 4.74. The van der Waals surface area contributed by atoms with Gasteiger partial charge in [-0.2, -0.15) is 0 Å². The Hall–Kier alpha value is -2.10. The van der Waals surface area contributed by atoms with E-state index in [9.17, 15) is 14.7 Å². The summed E-state index contributed by atoms with van der Waals surface area (Å²) < 4.78 is 0. The fourth-order valence-electron chi connectivity index (χ4n) is 4.17. The van der Waals surface area contributed by atoms with E-state index in [4.69, 9.17) is 0 Å². The SMILES string of the molecule is CCCc1ccc([C@H](C)NC(=O)[C@@H]2[C@@H](C(=O)O)[C@H]3C=C[C@H]2C3)cc1. The lowest BCUT2D eigenvalue weighted by Crippen LogP contribution is -2.41. The summed E-state index contributed by atoms with van der Waals surface area (Å²) in [7, 11) is 0. The van der Waals surface area contributed by atoms with E-state index >= 15 is 0 Å². The van der Waals surface area contributed by atoms with Crippen molar-refractivity contribution >= 4 is 11.9 Å². The molecule has 0 aliphatic heterocycles. The van der Waals surface area contributed by atoms with Gasteiger partial charge in [0.2, 0.25) is 5.91 Å². The number of benzene rings is 1. The highest BCUT2D eigenvalue weighted by atomic mass is 16.4. The van der Waals surface area contributed by atoms with Crippen molar-refractivity contribution in [2.75, 3.05) is 0 Å². The molecule has 0 aromatic heterocycles. The molecule has 5 atom stereocenters. The Balaban J connectivity index is 1.67. The third-order valence-corrected chi connectivity index (χ3v) is 5.42. The molecule has 3 rings (SSSR count). The first kappa shape index (κ1) is 16.7. The van der Waals surface area contributed by atoms with Crippen LogP contribution in [0.25, 0.3) is 0 Å². The number of carboxylic acids is 1. The van der Waals surface area contributed by atoms with E-state index in [0.717, 1.165) is 24.8 Å². The molecule has 1 amide bonds. The van der Waals surface area contributed by atoms with Crippen LogP contribution in [-0.4, -0.2) is 17.0 Å². The smallest absolute Gasteiger partial charge is 0.307 e. The highest BCUT2D eigenvalue weighted by Crippen LogP contribution is 2.48. The second-order valence-electron chi connectivity index (χ2n) is 7.06. The molecule has 2 N–H and O–H groups in total. The van der Waals surface area contributed by atoms with E-state index in [0.29, 0.717) is 0 Å². The number of carbonyl (C=O) groups excluding carboxylic acids is 1. The number of nitrogens with one attached hydrogen (secondary N) is 1. The quantitative estimate of drug-likeness (QED) is 0.788. The number of rotatable bonds is 6. The van der Waals surface area contributed by atoms with Crippen molar-refractivity contribution < 1.29 is 14.7 Å². The van der Waals surface area contributed by atoms with E-state index in [2.05, 4.69) is 24.4 Å². The number of hydrogen-bond acceptors (Lipinski definition) is 2. The molecule has 1 aromatic rings. The number of allylic oxidation sites excluding steroid dienone is 2. The van der Waals surface area contributed by atoms with Crippen molar-refractivity contribution in [1.82, 2.24) is 5.32 Å². The highest BCUT2D eigenvalue weighted by Gasteiger charge is 2.51. The number of amides is 1. The first-order valence-corrected chi connectivity index (χ1v) is 8.81. The molecule has 0 radical (unpaired) electrons. The molecule has 0 heterocycles. The normalized spacial score (nSPS) is 28.8. The Morgan fingerprint density at radius 3 is 2.38 bits per heavy atom. The van der Waals surface area contributed by atoms with Gasteiger partial charge >= 0.3 is 5.97 Å². The van der Waals surface area contributed by atoms with Crippen molar-refractivity contribution in [3.8, 4) is 0 Å². The summed E-state index contributed by atoms with van der Waals surface area (Å²) >= 11 is 0. The van der Waals surface area contributed by atoms with Crippen LogP contribution < -0.4 is 5.32 Å². The Labute approximate surface area is 143 Å². The summed E-state index contributed by atoms with van der Waals surface area (Å²) in [5, 5.41) is 12.5. The van der Waals surface area contributed by atoms with E-state index in [1.165, 1.54) is 5.56 Å². The van der Waals surface area contributed by atoms with Gasteiger partial charge in [-0.25, -0.2) is 0 Å². The Bertz CT molecular complexity index is 649. The molecule has 2 aliphatic carbocycles. The molecule has 128 valence electrons. The molecule has 4 nitrogen and oxygen atoms in total. The van der Waals surface area contributed by atoms with Crippen LogP contribution in [0.5, 0.6) is 0 Å². The summed E-state index contributed by atoms with van der Waals surface area (Å²) in [6, 6.07) is 8.17. The lowest BCUT2D eigenvalue weighted by atomic mass is 9.82. The third-order valence-electron chi connectivity index (χ3n) is 5.42. The number of aliphatic carboxylic acids is 1. The first-order chi connectivity index (χ1) is 11.5. The Morgan fingerprint density at radius 1 is 1.17 bits per heavy atom. The number of carboxylic acid groups (broad SMARTS) is 1. The summed E-state index contributed by atoms with van der Waals surface area (Å²) in [4.78, 5) is 24.2. The molecule has 2 bridgehead atoms. The predicted octanol–water partition coefficient (Wildman–Crippen LogP) is 3.34. The maximum absolute atomic E-state index is 12.7. The molecular weight excluding hydrogens is 302 g/mol. The summed E-state index contributed by atoms with van der Waals surface area (Å²) in [5.41, 5.74) is 2.35. The van der Waals surface area contributed by atoms with Crippen molar-refractivity contribution in [1.29, 1.82) is 0 Å². The monoisotopic (exact) mass is 327 g/mol. The van der Waals surface area contributed by atoms with Crippen molar-refractivity contribution in [3.05, 3.63) is 47.5 Å². The van der Waals surface area contributed by atoms with Gasteiger partial charge in [0.15, 0.2) is 0 Å². The van der Waals surface area contributed by atoms with E-state index in [1.807, 2.05) is 31.2 Å². The highest BCUT2D eigenvalue weighted by molar-refractivity contribution is 5.87. The number of carbonyl (C=O) groups is 2. The second kappa shape index (κ2) is 6.80. The van der Waals surface area contributed by atoms with Gasteiger partial charge in [0, 0.05) is 0 Å². The fourth-order valence-corrected chi connectivity index (χ4v) is 4.17. The molecular formula is C20H25NO3. The standard InChI is InChI=1S/C20H25NO3/c1-3-4-13-5-7-14(8-6-13)12(2)21-19(22)17-15-9-10-16(11-15)18(17)20(23)24/h5-10,12,15-18H,3-4,11H2,1-2H3,(H,21,22)(H,23,24)/t12-,15-,16-,17-,18-/m0/s1. The minimum atomic E-state index is -0.858. The molecule has 0 unspecified atom stereocenters. The number of hydrogen-bond donors (Lipinski definition) is 2. The maximum Gasteiger partial charge on any atom is 0.307 e. The molecule has 4 heteroatoms. The number of aryl methyl sites for hydroxylation is 1. The van der Waals surface area contributed by atoms with Crippen LogP contribution in [0, 0.1) is 23.7 Å². The lowest BCUT2D eigenvalue weighted by molar-refractivity contribution is -0.148. The van der Waals surface area contributed by atoms with E-state index in [-0.39, 0.29) is 23.8 Å². The van der Waals surface area contributed by atoms with Gasteiger partial charge in [-0.3, -0.25) is 9.59 Å². The number of fused-ring (bicyclic) bond motifs is 2. The van der Waals surface area contributed by atoms with Gasteiger partial charge in [-0.05, 0) is 42.7 Å². The van der Waals surface area contributed by atoms with Crippen LogP contribution >= 0.6 is 0 Å². The van der Waals surface area contributed by atoms with Crippen molar-refractivity contribution in [2.24, 2.45) is 23.7 Å². The van der Waals surface area contributed by atoms with Crippen LogP contribution in [-0.2, 0) is 16.0 Å². The molecule has 24 heavy (non-hydrogen) atoms. The summed E-state index contributed by atoms with van der Waals surface area (Å²) in [6.07, 6.45) is 6.93. The Morgan fingerprint density at radius 2 is 1.79 bits per heavy atom. The van der Waals surface area contributed by atoms with Gasteiger partial charge in [0.1, 0.15) is 0 Å². The molecule has 1 fully saturated rings.